The van der Waals surface area contributed by atoms with E-state index >= 15 is 0 Å². The van der Waals surface area contributed by atoms with E-state index in [0.29, 0.717) is 21.5 Å². The van der Waals surface area contributed by atoms with Crippen molar-refractivity contribution in [2.45, 2.75) is 26.7 Å². The van der Waals surface area contributed by atoms with E-state index in [1.807, 2.05) is 13.8 Å². The summed E-state index contributed by atoms with van der Waals surface area (Å²) in [4.78, 5) is 12.1. The molecule has 8 heteroatoms. The number of rotatable bonds is 3. The van der Waals surface area contributed by atoms with E-state index in [0.717, 1.165) is 5.01 Å². The smallest absolute Gasteiger partial charge is 0.262 e. The van der Waals surface area contributed by atoms with Crippen LogP contribution < -0.4 is 5.32 Å². The molecule has 2 aromatic heterocycles. The van der Waals surface area contributed by atoms with Gasteiger partial charge in [0, 0.05) is 13.0 Å². The molecule has 1 amide bonds. The molecule has 0 saturated heterocycles. The van der Waals surface area contributed by atoms with E-state index in [1.54, 1.807) is 14.0 Å². The van der Waals surface area contributed by atoms with Crippen molar-refractivity contribution in [1.29, 1.82) is 0 Å². The molecule has 0 aliphatic rings. The molecule has 0 aliphatic heterocycles. The molecule has 6 nitrogen and oxygen atoms in total. The Labute approximate surface area is 119 Å². The minimum atomic E-state index is -0.318. The normalized spacial score (nSPS) is 11.1. The van der Waals surface area contributed by atoms with Gasteiger partial charge in [-0.05, 0) is 6.92 Å². The Balaban J connectivity index is 2.21. The average Bonchev–Trinajstić information content (AvgIpc) is 2.85. The number of anilines is 1. The molecule has 0 aromatic carbocycles. The number of nitrogens with one attached hydrogen (secondary N) is 1. The molecule has 0 atom stereocenters. The number of halogens is 1. The monoisotopic (exact) mass is 299 g/mol. The second-order valence-electron chi connectivity index (χ2n) is 4.43. The fourth-order valence-corrected chi connectivity index (χ4v) is 2.57. The number of amides is 1. The fourth-order valence-electron chi connectivity index (χ4n) is 1.57. The quantitative estimate of drug-likeness (QED) is 0.945. The number of aromatic nitrogens is 4. The van der Waals surface area contributed by atoms with Gasteiger partial charge < -0.3 is 0 Å². The van der Waals surface area contributed by atoms with Crippen molar-refractivity contribution in [3.05, 3.63) is 21.4 Å². The number of hydrogen-bond acceptors (Lipinski definition) is 5. The molecule has 0 aliphatic carbocycles. The second-order valence-corrected chi connectivity index (χ2v) is 5.80. The molecule has 0 bridgehead atoms. The van der Waals surface area contributed by atoms with E-state index in [2.05, 4.69) is 20.6 Å². The molecule has 19 heavy (non-hydrogen) atoms. The molecule has 0 fully saturated rings. The third kappa shape index (κ3) is 2.76. The van der Waals surface area contributed by atoms with Crippen molar-refractivity contribution in [2.24, 2.45) is 7.05 Å². The van der Waals surface area contributed by atoms with Gasteiger partial charge in [0.1, 0.15) is 10.2 Å². The maximum atomic E-state index is 12.1. The SMILES string of the molecule is Cc1nn(C)c(Cl)c1C(=O)Nc1nnc(C(C)C)s1. The molecular formula is C11H14ClN5OS. The molecule has 2 aromatic rings. The fraction of sp³-hybridized carbons (Fsp3) is 0.455. The molecule has 2 heterocycles. The zero-order valence-corrected chi connectivity index (χ0v) is 12.6. The van der Waals surface area contributed by atoms with Crippen LogP contribution in [0.25, 0.3) is 0 Å². The van der Waals surface area contributed by atoms with Gasteiger partial charge in [0.05, 0.1) is 11.3 Å². The van der Waals surface area contributed by atoms with E-state index in [-0.39, 0.29) is 11.8 Å². The second kappa shape index (κ2) is 5.26. The maximum absolute atomic E-state index is 12.1. The van der Waals surface area contributed by atoms with Gasteiger partial charge in [-0.2, -0.15) is 5.10 Å². The molecule has 0 saturated carbocycles. The number of carbonyl (C=O) groups is 1. The zero-order chi connectivity index (χ0) is 14.2. The Bertz CT molecular complexity index is 619. The minimum absolute atomic E-state index is 0.284. The van der Waals surface area contributed by atoms with Gasteiger partial charge in [-0.25, -0.2) is 0 Å². The Morgan fingerprint density at radius 3 is 2.58 bits per heavy atom. The van der Waals surface area contributed by atoms with Crippen molar-refractivity contribution in [1.82, 2.24) is 20.0 Å². The van der Waals surface area contributed by atoms with Crippen molar-refractivity contribution in [3.8, 4) is 0 Å². The van der Waals surface area contributed by atoms with E-state index in [4.69, 9.17) is 11.6 Å². The maximum Gasteiger partial charge on any atom is 0.262 e. The largest absolute Gasteiger partial charge is 0.296 e. The van der Waals surface area contributed by atoms with Crippen LogP contribution in [0.3, 0.4) is 0 Å². The van der Waals surface area contributed by atoms with Gasteiger partial charge in [-0.1, -0.05) is 36.8 Å². The van der Waals surface area contributed by atoms with Crippen molar-refractivity contribution < 1.29 is 4.79 Å². The highest BCUT2D eigenvalue weighted by atomic mass is 35.5. The molecule has 0 radical (unpaired) electrons. The first kappa shape index (κ1) is 14.0. The standard InChI is InChI=1S/C11H14ClN5OS/c1-5(2)10-14-15-11(19-10)13-9(18)7-6(3)16-17(4)8(7)12/h5H,1-4H3,(H,13,15,18). The first-order valence-corrected chi connectivity index (χ1v) is 6.93. The van der Waals surface area contributed by atoms with Gasteiger partial charge in [0.15, 0.2) is 0 Å². The van der Waals surface area contributed by atoms with Crippen LogP contribution in [0, 0.1) is 6.92 Å². The molecule has 2 rings (SSSR count). The lowest BCUT2D eigenvalue weighted by molar-refractivity contribution is 0.102. The van der Waals surface area contributed by atoms with Crippen LogP contribution in [-0.2, 0) is 7.05 Å². The molecule has 0 spiro atoms. The zero-order valence-electron chi connectivity index (χ0n) is 11.1. The Morgan fingerprint density at radius 2 is 2.11 bits per heavy atom. The lowest BCUT2D eigenvalue weighted by Crippen LogP contribution is -2.13. The summed E-state index contributed by atoms with van der Waals surface area (Å²) < 4.78 is 1.46. The van der Waals surface area contributed by atoms with Crippen LogP contribution in [0.2, 0.25) is 5.15 Å². The van der Waals surface area contributed by atoms with E-state index < -0.39 is 0 Å². The minimum Gasteiger partial charge on any atom is -0.296 e. The summed E-state index contributed by atoms with van der Waals surface area (Å²) in [5.41, 5.74) is 0.948. The number of aryl methyl sites for hydroxylation is 2. The van der Waals surface area contributed by atoms with Crippen molar-refractivity contribution in [2.75, 3.05) is 5.32 Å². The molecule has 0 unspecified atom stereocenters. The van der Waals surface area contributed by atoms with Crippen LogP contribution >= 0.6 is 22.9 Å². The summed E-state index contributed by atoms with van der Waals surface area (Å²) in [5.74, 6) is -0.0334. The first-order valence-electron chi connectivity index (χ1n) is 5.74. The highest BCUT2D eigenvalue weighted by molar-refractivity contribution is 7.15. The van der Waals surface area contributed by atoms with Gasteiger partial charge in [0.2, 0.25) is 5.13 Å². The highest BCUT2D eigenvalue weighted by Crippen LogP contribution is 2.24. The Kier molecular flexibility index (Phi) is 3.86. The van der Waals surface area contributed by atoms with E-state index in [9.17, 15) is 4.79 Å². The molecule has 102 valence electrons. The van der Waals surface area contributed by atoms with Gasteiger partial charge in [-0.3, -0.25) is 14.8 Å². The third-order valence-corrected chi connectivity index (χ3v) is 4.11. The van der Waals surface area contributed by atoms with Gasteiger partial charge in [0.25, 0.3) is 5.91 Å². The predicted molar refractivity (Wildman–Crippen MR) is 74.9 cm³/mol. The summed E-state index contributed by atoms with van der Waals surface area (Å²) >= 11 is 7.40. The lowest BCUT2D eigenvalue weighted by atomic mass is 10.2. The predicted octanol–water partition coefficient (Wildman–Crippen LogP) is 2.61. The van der Waals surface area contributed by atoms with E-state index in [1.165, 1.54) is 16.0 Å². The van der Waals surface area contributed by atoms with Crippen molar-refractivity contribution >= 4 is 34.0 Å². The highest BCUT2D eigenvalue weighted by Gasteiger charge is 2.20. The van der Waals surface area contributed by atoms with Crippen LogP contribution in [0.5, 0.6) is 0 Å². The summed E-state index contributed by atoms with van der Waals surface area (Å²) in [6, 6.07) is 0. The third-order valence-electron chi connectivity index (χ3n) is 2.53. The molecule has 1 N–H and O–H groups in total. The summed E-state index contributed by atoms with van der Waals surface area (Å²) in [6.07, 6.45) is 0. The Morgan fingerprint density at radius 1 is 1.42 bits per heavy atom. The molecular weight excluding hydrogens is 286 g/mol. The Hall–Kier alpha value is -1.47. The summed E-state index contributed by atoms with van der Waals surface area (Å²) in [7, 11) is 1.69. The van der Waals surface area contributed by atoms with Gasteiger partial charge in [-0.15, -0.1) is 10.2 Å². The van der Waals surface area contributed by atoms with Crippen molar-refractivity contribution in [3.63, 3.8) is 0 Å². The van der Waals surface area contributed by atoms with Crippen LogP contribution in [0.1, 0.15) is 40.8 Å². The van der Waals surface area contributed by atoms with Crippen LogP contribution in [0.15, 0.2) is 0 Å². The first-order chi connectivity index (χ1) is 8.90. The summed E-state index contributed by atoms with van der Waals surface area (Å²) in [5, 5.41) is 16.4. The summed E-state index contributed by atoms with van der Waals surface area (Å²) in [6.45, 7) is 5.78. The van der Waals surface area contributed by atoms with Gasteiger partial charge >= 0.3 is 0 Å². The lowest BCUT2D eigenvalue weighted by Gasteiger charge is -2.00. The number of carbonyl (C=O) groups excluding carboxylic acids is 1. The van der Waals surface area contributed by atoms with Crippen LogP contribution in [-0.4, -0.2) is 25.9 Å². The topological polar surface area (TPSA) is 72.7 Å². The number of nitrogens with zero attached hydrogens (tertiary/aromatic N) is 4. The van der Waals surface area contributed by atoms with Crippen LogP contribution in [0.4, 0.5) is 5.13 Å². The number of hydrogen-bond donors (Lipinski definition) is 1. The average molecular weight is 300 g/mol.